The first-order valence-corrected chi connectivity index (χ1v) is 5.74. The third-order valence-corrected chi connectivity index (χ3v) is 3.15. The fourth-order valence-corrected chi connectivity index (χ4v) is 2.23. The molecule has 3 heteroatoms. The molecule has 1 saturated carbocycles. The molecule has 0 radical (unpaired) electrons. The summed E-state index contributed by atoms with van der Waals surface area (Å²) in [6.45, 7) is 0.615. The van der Waals surface area contributed by atoms with E-state index >= 15 is 0 Å². The van der Waals surface area contributed by atoms with E-state index in [9.17, 15) is 5.11 Å². The third kappa shape index (κ3) is 1.48. The number of phenolic OH excluding ortho intramolecular Hbond substituents is 1. The van der Waals surface area contributed by atoms with Crippen LogP contribution in [0, 0.1) is 0 Å². The Balaban J connectivity index is 2.20. The molecule has 16 heavy (non-hydrogen) atoms. The third-order valence-electron chi connectivity index (χ3n) is 3.15. The van der Waals surface area contributed by atoms with E-state index < -0.39 is 0 Å². The Labute approximate surface area is 93.9 Å². The monoisotopic (exact) mass is 217 g/mol. The van der Waals surface area contributed by atoms with Crippen LogP contribution in [0.15, 0.2) is 22.6 Å². The van der Waals surface area contributed by atoms with Crippen LogP contribution >= 0.6 is 0 Å². The van der Waals surface area contributed by atoms with Crippen molar-refractivity contribution in [1.82, 2.24) is 0 Å². The van der Waals surface area contributed by atoms with Gasteiger partial charge in [-0.25, -0.2) is 0 Å². The van der Waals surface area contributed by atoms with Crippen LogP contribution in [0.1, 0.15) is 30.1 Å². The summed E-state index contributed by atoms with van der Waals surface area (Å²) in [6.07, 6.45) is 3.25. The van der Waals surface area contributed by atoms with E-state index in [1.807, 2.05) is 6.07 Å². The minimum Gasteiger partial charge on any atom is -0.508 e. The molecule has 0 bridgehead atoms. The Kier molecular flexibility index (Phi) is 2.14. The predicted molar refractivity (Wildman–Crippen MR) is 62.6 cm³/mol. The van der Waals surface area contributed by atoms with Gasteiger partial charge in [0.25, 0.3) is 0 Å². The van der Waals surface area contributed by atoms with Gasteiger partial charge in [-0.1, -0.05) is 0 Å². The number of hydrogen-bond acceptors (Lipinski definition) is 3. The number of phenols is 1. The molecule has 3 N–H and O–H groups in total. The fraction of sp³-hybridized carbons (Fsp3) is 0.385. The van der Waals surface area contributed by atoms with Gasteiger partial charge in [-0.15, -0.1) is 0 Å². The van der Waals surface area contributed by atoms with E-state index in [0.29, 0.717) is 12.5 Å². The van der Waals surface area contributed by atoms with Gasteiger partial charge < -0.3 is 15.3 Å². The topological polar surface area (TPSA) is 59.4 Å². The zero-order chi connectivity index (χ0) is 11.1. The maximum absolute atomic E-state index is 9.51. The zero-order valence-corrected chi connectivity index (χ0v) is 9.07. The summed E-state index contributed by atoms with van der Waals surface area (Å²) in [6, 6.07) is 5.26. The number of furan rings is 1. The average Bonchev–Trinajstić information content (AvgIpc) is 3.05. The zero-order valence-electron chi connectivity index (χ0n) is 9.07. The molecule has 0 atom stereocenters. The molecule has 2 aromatic rings. The minimum atomic E-state index is 0.286. The summed E-state index contributed by atoms with van der Waals surface area (Å²) >= 11 is 0. The van der Waals surface area contributed by atoms with E-state index in [4.69, 9.17) is 10.2 Å². The largest absolute Gasteiger partial charge is 0.508 e. The van der Waals surface area contributed by atoms with Crippen molar-refractivity contribution in [1.29, 1.82) is 0 Å². The lowest BCUT2D eigenvalue weighted by Gasteiger charge is -1.99. The highest BCUT2D eigenvalue weighted by Gasteiger charge is 2.30. The van der Waals surface area contributed by atoms with Crippen molar-refractivity contribution in [3.63, 3.8) is 0 Å². The van der Waals surface area contributed by atoms with Crippen LogP contribution in [-0.4, -0.2) is 11.7 Å². The van der Waals surface area contributed by atoms with Crippen LogP contribution < -0.4 is 5.73 Å². The summed E-state index contributed by atoms with van der Waals surface area (Å²) in [4.78, 5) is 0. The molecule has 0 spiro atoms. The number of hydrogen-bond donors (Lipinski definition) is 2. The first-order valence-electron chi connectivity index (χ1n) is 5.74. The molecule has 1 aliphatic rings. The van der Waals surface area contributed by atoms with Crippen molar-refractivity contribution < 1.29 is 9.52 Å². The van der Waals surface area contributed by atoms with Crippen LogP contribution in [0.4, 0.5) is 0 Å². The van der Waals surface area contributed by atoms with Crippen LogP contribution in [0.25, 0.3) is 11.0 Å². The minimum absolute atomic E-state index is 0.286. The SMILES string of the molecule is NCCc1c(C2CC2)oc2ccc(O)cc12. The molecule has 1 fully saturated rings. The van der Waals surface area contributed by atoms with Gasteiger partial charge in [0, 0.05) is 16.9 Å². The van der Waals surface area contributed by atoms with Crippen molar-refractivity contribution in [2.24, 2.45) is 5.73 Å². The van der Waals surface area contributed by atoms with E-state index in [1.165, 1.54) is 18.4 Å². The number of rotatable bonds is 3. The van der Waals surface area contributed by atoms with Gasteiger partial charge >= 0.3 is 0 Å². The smallest absolute Gasteiger partial charge is 0.134 e. The lowest BCUT2D eigenvalue weighted by atomic mass is 10.1. The van der Waals surface area contributed by atoms with Crippen LogP contribution in [0.3, 0.4) is 0 Å². The van der Waals surface area contributed by atoms with E-state index in [1.54, 1.807) is 12.1 Å². The van der Waals surface area contributed by atoms with E-state index in [-0.39, 0.29) is 5.75 Å². The Bertz CT molecular complexity index is 526. The Morgan fingerprint density at radius 1 is 1.38 bits per heavy atom. The highest BCUT2D eigenvalue weighted by Crippen LogP contribution is 2.45. The molecule has 84 valence electrons. The van der Waals surface area contributed by atoms with Gasteiger partial charge in [0.05, 0.1) is 0 Å². The van der Waals surface area contributed by atoms with Crippen LogP contribution in [0.5, 0.6) is 5.75 Å². The molecule has 0 aliphatic heterocycles. The summed E-state index contributed by atoms with van der Waals surface area (Å²) < 4.78 is 5.86. The number of benzene rings is 1. The standard InChI is InChI=1S/C13H15NO2/c14-6-5-10-11-7-9(15)3-4-12(11)16-13(10)8-1-2-8/h3-4,7-8,15H,1-2,5-6,14H2. The maximum Gasteiger partial charge on any atom is 0.134 e. The molecule has 3 rings (SSSR count). The Morgan fingerprint density at radius 3 is 2.88 bits per heavy atom. The number of nitrogens with two attached hydrogens (primary N) is 1. The fourth-order valence-electron chi connectivity index (χ4n) is 2.23. The molecule has 1 heterocycles. The highest BCUT2D eigenvalue weighted by molar-refractivity contribution is 5.84. The molecule has 1 aromatic carbocycles. The Morgan fingerprint density at radius 2 is 2.19 bits per heavy atom. The van der Waals surface area contributed by atoms with Crippen molar-refractivity contribution in [2.75, 3.05) is 6.54 Å². The van der Waals surface area contributed by atoms with Crippen molar-refractivity contribution in [3.8, 4) is 5.75 Å². The van der Waals surface area contributed by atoms with Crippen molar-refractivity contribution in [3.05, 3.63) is 29.5 Å². The molecule has 3 nitrogen and oxygen atoms in total. The maximum atomic E-state index is 9.51. The summed E-state index contributed by atoms with van der Waals surface area (Å²) in [5.41, 5.74) is 7.69. The Hall–Kier alpha value is -1.48. The van der Waals surface area contributed by atoms with E-state index in [0.717, 1.165) is 23.2 Å². The van der Waals surface area contributed by atoms with Gasteiger partial charge in [0.15, 0.2) is 0 Å². The van der Waals surface area contributed by atoms with Crippen molar-refractivity contribution in [2.45, 2.75) is 25.2 Å². The first kappa shape index (κ1) is 9.73. The molecule has 0 unspecified atom stereocenters. The first-order chi connectivity index (χ1) is 7.79. The number of fused-ring (bicyclic) bond motifs is 1. The van der Waals surface area contributed by atoms with Gasteiger partial charge in [0.2, 0.25) is 0 Å². The second-order valence-corrected chi connectivity index (χ2v) is 4.44. The van der Waals surface area contributed by atoms with E-state index in [2.05, 4.69) is 0 Å². The van der Waals surface area contributed by atoms with Crippen molar-refractivity contribution >= 4 is 11.0 Å². The van der Waals surface area contributed by atoms with Crippen LogP contribution in [0.2, 0.25) is 0 Å². The summed E-state index contributed by atoms with van der Waals surface area (Å²) in [5, 5.41) is 10.5. The average molecular weight is 217 g/mol. The van der Waals surface area contributed by atoms with Gasteiger partial charge in [-0.2, -0.15) is 0 Å². The molecular weight excluding hydrogens is 202 g/mol. The van der Waals surface area contributed by atoms with Crippen LogP contribution in [-0.2, 0) is 6.42 Å². The number of aromatic hydroxyl groups is 1. The summed E-state index contributed by atoms with van der Waals surface area (Å²) in [7, 11) is 0. The lowest BCUT2D eigenvalue weighted by Crippen LogP contribution is -2.03. The molecule has 1 aromatic heterocycles. The quantitative estimate of drug-likeness (QED) is 0.830. The molecular formula is C13H15NO2. The molecule has 1 aliphatic carbocycles. The second kappa shape index (κ2) is 3.52. The molecule has 0 saturated heterocycles. The summed E-state index contributed by atoms with van der Waals surface area (Å²) in [5.74, 6) is 1.95. The molecule has 0 amide bonds. The van der Waals surface area contributed by atoms with Gasteiger partial charge in [-0.3, -0.25) is 0 Å². The van der Waals surface area contributed by atoms with Gasteiger partial charge in [0.1, 0.15) is 17.1 Å². The lowest BCUT2D eigenvalue weighted by molar-refractivity contribution is 0.475. The van der Waals surface area contributed by atoms with Gasteiger partial charge in [-0.05, 0) is 44.0 Å². The predicted octanol–water partition coefficient (Wildman–Crippen LogP) is 2.52. The highest BCUT2D eigenvalue weighted by atomic mass is 16.3. The second-order valence-electron chi connectivity index (χ2n) is 4.44. The normalized spacial score (nSPS) is 15.8.